The lowest BCUT2D eigenvalue weighted by Gasteiger charge is -2.14. The van der Waals surface area contributed by atoms with Crippen molar-refractivity contribution in [1.29, 1.82) is 0 Å². The maximum absolute atomic E-state index is 2.34. The molecule has 0 nitrogen and oxygen atoms in total. The van der Waals surface area contributed by atoms with Gasteiger partial charge in [-0.15, -0.1) is 0 Å². The van der Waals surface area contributed by atoms with E-state index in [-0.39, 0.29) is 0 Å². The summed E-state index contributed by atoms with van der Waals surface area (Å²) >= 11 is 0. The number of fused-ring (bicyclic) bond motifs is 3. The van der Waals surface area contributed by atoms with E-state index in [1.165, 1.54) is 76.8 Å². The summed E-state index contributed by atoms with van der Waals surface area (Å²) in [6.45, 7) is 8.41. The fourth-order valence-electron chi connectivity index (χ4n) is 5.90. The highest BCUT2D eigenvalue weighted by molar-refractivity contribution is 6.02. The Kier molecular flexibility index (Phi) is 6.93. The second-order valence-corrected chi connectivity index (χ2v) is 10.3. The van der Waals surface area contributed by atoms with Crippen LogP contribution in [0.3, 0.4) is 0 Å². The van der Waals surface area contributed by atoms with Gasteiger partial charge in [-0.25, -0.2) is 0 Å². The normalized spacial score (nSPS) is 11.0. The van der Waals surface area contributed by atoms with Crippen molar-refractivity contribution in [3.63, 3.8) is 0 Å². The van der Waals surface area contributed by atoms with E-state index in [2.05, 4.69) is 147 Å². The lowest BCUT2D eigenvalue weighted by molar-refractivity contribution is 1.43. The van der Waals surface area contributed by atoms with Gasteiger partial charge in [-0.1, -0.05) is 129 Å². The highest BCUT2D eigenvalue weighted by Gasteiger charge is 2.11. The van der Waals surface area contributed by atoms with Gasteiger partial charge < -0.3 is 0 Å². The molecule has 0 heteroatoms. The highest BCUT2D eigenvalue weighted by Crippen LogP contribution is 2.37. The molecule has 0 saturated carbocycles. The molecule has 0 fully saturated rings. The SMILES string of the molecule is CC.Cc1ccccc1-c1c(C)ccc2cc(-c3ccc4cc(-c5cccc6ccccc56)ccc4c3)ccc12. The molecule has 0 spiro atoms. The second-order valence-electron chi connectivity index (χ2n) is 10.3. The third-order valence-electron chi connectivity index (χ3n) is 7.92. The van der Waals surface area contributed by atoms with Crippen LogP contribution in [-0.4, -0.2) is 0 Å². The zero-order chi connectivity index (χ0) is 27.6. The maximum Gasteiger partial charge on any atom is -0.00735 e. The molecule has 0 atom stereocenters. The summed E-state index contributed by atoms with van der Waals surface area (Å²) in [6, 6.07) is 48.9. The van der Waals surface area contributed by atoms with Gasteiger partial charge in [0.1, 0.15) is 0 Å². The first-order valence-electron chi connectivity index (χ1n) is 14.3. The Labute approximate surface area is 237 Å². The molecule has 0 aliphatic rings. The maximum atomic E-state index is 2.34. The molecular weight excluding hydrogens is 480 g/mol. The molecule has 0 saturated heterocycles. The first kappa shape index (κ1) is 25.6. The zero-order valence-corrected chi connectivity index (χ0v) is 23.7. The van der Waals surface area contributed by atoms with Crippen LogP contribution in [0.1, 0.15) is 25.0 Å². The molecule has 0 aliphatic carbocycles. The summed E-state index contributed by atoms with van der Waals surface area (Å²) in [4.78, 5) is 0. The molecule has 194 valence electrons. The monoisotopic (exact) mass is 514 g/mol. The minimum Gasteiger partial charge on any atom is -0.0683 e. The summed E-state index contributed by atoms with van der Waals surface area (Å²) in [7, 11) is 0. The molecule has 0 bridgehead atoms. The summed E-state index contributed by atoms with van der Waals surface area (Å²) in [5.41, 5.74) is 10.3. The van der Waals surface area contributed by atoms with Crippen molar-refractivity contribution in [3.8, 4) is 33.4 Å². The minimum absolute atomic E-state index is 1.25. The first-order valence-corrected chi connectivity index (χ1v) is 14.3. The Balaban J connectivity index is 0.00000142. The van der Waals surface area contributed by atoms with Crippen molar-refractivity contribution in [1.82, 2.24) is 0 Å². The number of rotatable bonds is 3. The third-order valence-corrected chi connectivity index (χ3v) is 7.92. The predicted molar refractivity (Wildman–Crippen MR) is 176 cm³/mol. The molecule has 7 aromatic rings. The zero-order valence-electron chi connectivity index (χ0n) is 23.7. The Hall–Kier alpha value is -4.68. The summed E-state index contributed by atoms with van der Waals surface area (Å²) < 4.78 is 0. The Morgan fingerprint density at radius 1 is 0.350 bits per heavy atom. The molecule has 0 aliphatic heterocycles. The lowest BCUT2D eigenvalue weighted by atomic mass is 9.90. The van der Waals surface area contributed by atoms with Gasteiger partial charge >= 0.3 is 0 Å². The van der Waals surface area contributed by atoms with Crippen LogP contribution in [0.15, 0.2) is 133 Å². The van der Waals surface area contributed by atoms with Gasteiger partial charge in [0, 0.05) is 0 Å². The third kappa shape index (κ3) is 4.56. The standard InChI is InChI=1S/C38H28.C2H6/c1-25-8-3-5-11-34(25)38-26(2)14-15-33-24-31(20-21-37(33)38)28-16-17-30-23-32(19-18-29(30)22-28)36-13-7-10-27-9-4-6-12-35(27)36;1-2/h3-24H,1-2H3;1-2H3. The van der Waals surface area contributed by atoms with E-state index in [1.807, 2.05) is 13.8 Å². The molecule has 0 amide bonds. The van der Waals surface area contributed by atoms with Crippen LogP contribution >= 0.6 is 0 Å². The van der Waals surface area contributed by atoms with Gasteiger partial charge in [-0.2, -0.15) is 0 Å². The molecule has 0 N–H and O–H groups in total. The summed E-state index contributed by atoms with van der Waals surface area (Å²) in [6.07, 6.45) is 0. The molecular formula is C40H34. The average Bonchev–Trinajstić information content (AvgIpc) is 3.01. The molecule has 7 aromatic carbocycles. The van der Waals surface area contributed by atoms with Crippen LogP contribution in [0.4, 0.5) is 0 Å². The topological polar surface area (TPSA) is 0 Å². The van der Waals surface area contributed by atoms with Gasteiger partial charge in [0.25, 0.3) is 0 Å². The number of hydrogen-bond donors (Lipinski definition) is 0. The average molecular weight is 515 g/mol. The fourth-order valence-corrected chi connectivity index (χ4v) is 5.90. The molecule has 0 aromatic heterocycles. The van der Waals surface area contributed by atoms with Crippen molar-refractivity contribution < 1.29 is 0 Å². The van der Waals surface area contributed by atoms with E-state index in [0.29, 0.717) is 0 Å². The van der Waals surface area contributed by atoms with E-state index in [9.17, 15) is 0 Å². The van der Waals surface area contributed by atoms with E-state index in [0.717, 1.165) is 0 Å². The second kappa shape index (κ2) is 10.8. The number of benzene rings is 7. The van der Waals surface area contributed by atoms with Gasteiger partial charge in [0.15, 0.2) is 0 Å². The van der Waals surface area contributed by atoms with Gasteiger partial charge in [-0.3, -0.25) is 0 Å². The summed E-state index contributed by atoms with van der Waals surface area (Å²) in [5, 5.41) is 7.68. The van der Waals surface area contributed by atoms with Crippen molar-refractivity contribution in [3.05, 3.63) is 145 Å². The van der Waals surface area contributed by atoms with Crippen LogP contribution in [0.25, 0.3) is 65.7 Å². The molecule has 7 rings (SSSR count). The molecule has 0 radical (unpaired) electrons. The van der Waals surface area contributed by atoms with Crippen LogP contribution in [-0.2, 0) is 0 Å². The van der Waals surface area contributed by atoms with Crippen LogP contribution in [0.2, 0.25) is 0 Å². The molecule has 0 unspecified atom stereocenters. The smallest absolute Gasteiger partial charge is 0.00735 e. The highest BCUT2D eigenvalue weighted by atomic mass is 14.2. The van der Waals surface area contributed by atoms with Crippen molar-refractivity contribution in [2.24, 2.45) is 0 Å². The first-order chi connectivity index (χ1) is 19.7. The minimum atomic E-state index is 1.25. The molecule has 40 heavy (non-hydrogen) atoms. The van der Waals surface area contributed by atoms with Gasteiger partial charge in [-0.05, 0) is 109 Å². The van der Waals surface area contributed by atoms with E-state index in [1.54, 1.807) is 0 Å². The fraction of sp³-hybridized carbons (Fsp3) is 0.100. The van der Waals surface area contributed by atoms with Gasteiger partial charge in [0.05, 0.1) is 0 Å². The van der Waals surface area contributed by atoms with Crippen molar-refractivity contribution >= 4 is 32.3 Å². The quantitative estimate of drug-likeness (QED) is 0.220. The number of hydrogen-bond acceptors (Lipinski definition) is 0. The predicted octanol–water partition coefficient (Wildman–Crippen LogP) is 11.8. The summed E-state index contributed by atoms with van der Waals surface area (Å²) in [5.74, 6) is 0. The van der Waals surface area contributed by atoms with Crippen LogP contribution < -0.4 is 0 Å². The van der Waals surface area contributed by atoms with Crippen LogP contribution in [0.5, 0.6) is 0 Å². The van der Waals surface area contributed by atoms with Crippen LogP contribution in [0, 0.1) is 13.8 Å². The Morgan fingerprint density at radius 2 is 0.925 bits per heavy atom. The molecule has 0 heterocycles. The van der Waals surface area contributed by atoms with E-state index >= 15 is 0 Å². The van der Waals surface area contributed by atoms with E-state index in [4.69, 9.17) is 0 Å². The Bertz CT molecular complexity index is 1990. The van der Waals surface area contributed by atoms with E-state index < -0.39 is 0 Å². The van der Waals surface area contributed by atoms with Gasteiger partial charge in [0.2, 0.25) is 0 Å². The van der Waals surface area contributed by atoms with Crippen molar-refractivity contribution in [2.45, 2.75) is 27.7 Å². The number of aryl methyl sites for hydroxylation is 2. The van der Waals surface area contributed by atoms with Crippen molar-refractivity contribution in [2.75, 3.05) is 0 Å². The largest absolute Gasteiger partial charge is 0.0683 e. The lowest BCUT2D eigenvalue weighted by Crippen LogP contribution is -1.90. The Morgan fingerprint density at radius 3 is 1.73 bits per heavy atom.